The molecular formula is C8H13ClN4. The van der Waals surface area contributed by atoms with Crippen molar-refractivity contribution in [1.82, 2.24) is 20.2 Å². The molecule has 5 heteroatoms. The van der Waals surface area contributed by atoms with Gasteiger partial charge in [-0.25, -0.2) is 0 Å². The third-order valence-corrected chi connectivity index (χ3v) is 2.73. The van der Waals surface area contributed by atoms with E-state index >= 15 is 0 Å². The maximum Gasteiger partial charge on any atom is 0.189 e. The van der Waals surface area contributed by atoms with Crippen LogP contribution in [0.25, 0.3) is 0 Å². The summed E-state index contributed by atoms with van der Waals surface area (Å²) in [5.74, 6) is 0.986. The van der Waals surface area contributed by atoms with E-state index in [0.717, 1.165) is 0 Å². The van der Waals surface area contributed by atoms with Crippen molar-refractivity contribution < 1.29 is 0 Å². The second-order valence-corrected chi connectivity index (χ2v) is 3.72. The molecule has 1 aromatic heterocycles. The van der Waals surface area contributed by atoms with Gasteiger partial charge in [0.2, 0.25) is 0 Å². The number of alkyl halides is 1. The predicted octanol–water partition coefficient (Wildman–Crippen LogP) is 1.92. The zero-order valence-corrected chi connectivity index (χ0v) is 8.24. The highest BCUT2D eigenvalue weighted by molar-refractivity contribution is 6.16. The van der Waals surface area contributed by atoms with E-state index in [4.69, 9.17) is 11.6 Å². The molecule has 0 unspecified atom stereocenters. The lowest BCUT2D eigenvalue weighted by atomic mass is 9.96. The van der Waals surface area contributed by atoms with Crippen molar-refractivity contribution in [2.24, 2.45) is 0 Å². The highest BCUT2D eigenvalue weighted by atomic mass is 35.5. The lowest BCUT2D eigenvalue weighted by Gasteiger charge is -2.19. The molecule has 1 heterocycles. The highest BCUT2D eigenvalue weighted by Crippen LogP contribution is 2.26. The van der Waals surface area contributed by atoms with Crippen LogP contribution in [0.5, 0.6) is 0 Å². The van der Waals surface area contributed by atoms with E-state index in [2.05, 4.69) is 15.4 Å². The average Bonchev–Trinajstić information content (AvgIpc) is 2.67. The summed E-state index contributed by atoms with van der Waals surface area (Å²) in [7, 11) is 0. The van der Waals surface area contributed by atoms with Gasteiger partial charge in [0.05, 0.1) is 11.9 Å². The van der Waals surface area contributed by atoms with Crippen molar-refractivity contribution in [3.63, 3.8) is 0 Å². The molecule has 0 N–H and O–H groups in total. The minimum Gasteiger partial charge on any atom is -0.161 e. The van der Waals surface area contributed by atoms with E-state index in [1.807, 2.05) is 0 Å². The first-order valence-electron chi connectivity index (χ1n) is 4.74. The summed E-state index contributed by atoms with van der Waals surface area (Å²) < 4.78 is 0. The molecule has 13 heavy (non-hydrogen) atoms. The van der Waals surface area contributed by atoms with E-state index < -0.39 is 0 Å². The quantitative estimate of drug-likeness (QED) is 0.686. The fraction of sp³-hybridized carbons (Fsp3) is 0.875. The summed E-state index contributed by atoms with van der Waals surface area (Å²) in [5, 5.41) is 12.1. The monoisotopic (exact) mass is 200 g/mol. The Balaban J connectivity index is 2.05. The fourth-order valence-corrected chi connectivity index (χ4v) is 1.88. The van der Waals surface area contributed by atoms with Crippen LogP contribution >= 0.6 is 11.6 Å². The summed E-state index contributed by atoms with van der Waals surface area (Å²) in [6.07, 6.45) is 6.26. The first-order chi connectivity index (χ1) is 6.40. The van der Waals surface area contributed by atoms with Gasteiger partial charge in [0, 0.05) is 0 Å². The molecule has 1 aromatic rings. The molecule has 1 aliphatic carbocycles. The Morgan fingerprint density at radius 1 is 1.31 bits per heavy atom. The first kappa shape index (κ1) is 8.94. The minimum atomic E-state index is 0.354. The number of rotatable bonds is 2. The molecule has 0 aromatic carbocycles. The van der Waals surface area contributed by atoms with Crippen LogP contribution in [0.2, 0.25) is 0 Å². The van der Waals surface area contributed by atoms with Crippen LogP contribution in [0.1, 0.15) is 44.0 Å². The minimum absolute atomic E-state index is 0.354. The Hall–Kier alpha value is -0.640. The van der Waals surface area contributed by atoms with Crippen molar-refractivity contribution >= 4 is 11.6 Å². The topological polar surface area (TPSA) is 43.6 Å². The van der Waals surface area contributed by atoms with Crippen LogP contribution in [0, 0.1) is 0 Å². The van der Waals surface area contributed by atoms with Crippen molar-refractivity contribution in [3.05, 3.63) is 5.82 Å². The number of hydrogen-bond donors (Lipinski definition) is 0. The predicted molar refractivity (Wildman–Crippen MR) is 49.5 cm³/mol. The average molecular weight is 201 g/mol. The SMILES string of the molecule is ClCc1nnn(C2CCCCC2)n1. The van der Waals surface area contributed by atoms with Gasteiger partial charge in [-0.15, -0.1) is 21.8 Å². The maximum absolute atomic E-state index is 5.60. The number of nitrogens with zero attached hydrogens (tertiary/aromatic N) is 4. The lowest BCUT2D eigenvalue weighted by molar-refractivity contribution is 0.297. The van der Waals surface area contributed by atoms with Crippen LogP contribution in [-0.4, -0.2) is 20.2 Å². The zero-order chi connectivity index (χ0) is 9.10. The molecule has 0 amide bonds. The molecule has 0 aliphatic heterocycles. The van der Waals surface area contributed by atoms with Gasteiger partial charge >= 0.3 is 0 Å². The van der Waals surface area contributed by atoms with Crippen LogP contribution in [-0.2, 0) is 5.88 Å². The van der Waals surface area contributed by atoms with Crippen LogP contribution in [0.4, 0.5) is 0 Å². The third-order valence-electron chi connectivity index (χ3n) is 2.49. The van der Waals surface area contributed by atoms with Gasteiger partial charge in [-0.05, 0) is 18.1 Å². The Labute approximate surface area is 82.3 Å². The van der Waals surface area contributed by atoms with Crippen LogP contribution in [0.15, 0.2) is 0 Å². The van der Waals surface area contributed by atoms with Crippen molar-refractivity contribution in [2.45, 2.75) is 44.0 Å². The molecule has 1 saturated carbocycles. The van der Waals surface area contributed by atoms with Crippen molar-refractivity contribution in [1.29, 1.82) is 0 Å². The van der Waals surface area contributed by atoms with Gasteiger partial charge in [-0.1, -0.05) is 19.3 Å². The largest absolute Gasteiger partial charge is 0.189 e. The van der Waals surface area contributed by atoms with Gasteiger partial charge in [-0.3, -0.25) is 0 Å². The highest BCUT2D eigenvalue weighted by Gasteiger charge is 2.17. The number of halogens is 1. The summed E-state index contributed by atoms with van der Waals surface area (Å²) in [6, 6.07) is 0.457. The molecule has 1 fully saturated rings. The first-order valence-corrected chi connectivity index (χ1v) is 5.28. The molecule has 1 aliphatic rings. The molecular weight excluding hydrogens is 188 g/mol. The molecule has 0 bridgehead atoms. The molecule has 0 spiro atoms. The van der Waals surface area contributed by atoms with Gasteiger partial charge in [-0.2, -0.15) is 4.80 Å². The second-order valence-electron chi connectivity index (χ2n) is 3.45. The van der Waals surface area contributed by atoms with E-state index in [-0.39, 0.29) is 0 Å². The Morgan fingerprint density at radius 3 is 2.69 bits per heavy atom. The molecule has 0 radical (unpaired) electrons. The normalized spacial score (nSPS) is 19.2. The van der Waals surface area contributed by atoms with Crippen molar-refractivity contribution in [3.8, 4) is 0 Å². The molecule has 2 rings (SSSR count). The molecule has 4 nitrogen and oxygen atoms in total. The van der Waals surface area contributed by atoms with Gasteiger partial charge in [0.15, 0.2) is 5.82 Å². The number of tetrazole rings is 1. The zero-order valence-electron chi connectivity index (χ0n) is 7.49. The smallest absolute Gasteiger partial charge is 0.161 e. The second kappa shape index (κ2) is 4.05. The van der Waals surface area contributed by atoms with E-state index in [1.165, 1.54) is 32.1 Å². The van der Waals surface area contributed by atoms with E-state index in [1.54, 1.807) is 4.80 Å². The van der Waals surface area contributed by atoms with Crippen molar-refractivity contribution in [2.75, 3.05) is 0 Å². The van der Waals surface area contributed by atoms with Gasteiger partial charge < -0.3 is 0 Å². The Bertz CT molecular complexity index is 267. The summed E-state index contributed by atoms with van der Waals surface area (Å²) in [4.78, 5) is 1.73. The van der Waals surface area contributed by atoms with E-state index in [0.29, 0.717) is 17.7 Å². The lowest BCUT2D eigenvalue weighted by Crippen LogP contribution is -2.15. The third kappa shape index (κ3) is 1.99. The Morgan fingerprint density at radius 2 is 2.08 bits per heavy atom. The van der Waals surface area contributed by atoms with Gasteiger partial charge in [0.1, 0.15) is 0 Å². The maximum atomic E-state index is 5.60. The summed E-state index contributed by atoms with van der Waals surface area (Å²) >= 11 is 5.60. The Kier molecular flexibility index (Phi) is 2.78. The summed E-state index contributed by atoms with van der Waals surface area (Å²) in [5.41, 5.74) is 0. The summed E-state index contributed by atoms with van der Waals surface area (Å²) in [6.45, 7) is 0. The number of hydrogen-bond acceptors (Lipinski definition) is 3. The van der Waals surface area contributed by atoms with Crippen LogP contribution in [0.3, 0.4) is 0 Å². The van der Waals surface area contributed by atoms with Crippen LogP contribution < -0.4 is 0 Å². The van der Waals surface area contributed by atoms with E-state index in [9.17, 15) is 0 Å². The van der Waals surface area contributed by atoms with Gasteiger partial charge in [0.25, 0.3) is 0 Å². The standard InChI is InChI=1S/C8H13ClN4/c9-6-8-10-12-13(11-8)7-4-2-1-3-5-7/h7H,1-6H2. The molecule has 0 saturated heterocycles. The molecule has 72 valence electrons. The number of aromatic nitrogens is 4. The molecule has 0 atom stereocenters. The fourth-order valence-electron chi connectivity index (χ4n) is 1.78.